The van der Waals surface area contributed by atoms with Gasteiger partial charge in [-0.25, -0.2) is 4.79 Å². The summed E-state index contributed by atoms with van der Waals surface area (Å²) in [6.07, 6.45) is 6.46. The van der Waals surface area contributed by atoms with E-state index in [9.17, 15) is 4.79 Å². The summed E-state index contributed by atoms with van der Waals surface area (Å²) in [7, 11) is 1.74. The van der Waals surface area contributed by atoms with E-state index in [0.29, 0.717) is 15.8 Å². The van der Waals surface area contributed by atoms with Gasteiger partial charge in [-0.2, -0.15) is 0 Å². The number of aromatic nitrogens is 1. The van der Waals surface area contributed by atoms with E-state index in [1.165, 1.54) is 37.7 Å². The third-order valence-electron chi connectivity index (χ3n) is 4.72. The molecule has 0 bridgehead atoms. The average molecular weight is 338 g/mol. The van der Waals surface area contributed by atoms with Crippen LogP contribution in [-0.4, -0.2) is 4.57 Å². The van der Waals surface area contributed by atoms with Crippen LogP contribution in [0.3, 0.4) is 0 Å². The Kier molecular flexibility index (Phi) is 3.53. The van der Waals surface area contributed by atoms with Gasteiger partial charge >= 0.3 is 5.76 Å². The number of nitrogens with zero attached hydrogens (tertiary/aromatic N) is 1. The zero-order valence-corrected chi connectivity index (χ0v) is 13.6. The van der Waals surface area contributed by atoms with Crippen molar-refractivity contribution < 1.29 is 4.42 Å². The smallest absolute Gasteiger partial charge is 0.408 e. The summed E-state index contributed by atoms with van der Waals surface area (Å²) in [5.41, 5.74) is 3.03. The number of hydrogen-bond acceptors (Lipinski definition) is 2. The van der Waals surface area contributed by atoms with Crippen molar-refractivity contribution in [2.75, 3.05) is 0 Å². The van der Waals surface area contributed by atoms with Crippen LogP contribution in [-0.2, 0) is 7.05 Å². The highest BCUT2D eigenvalue weighted by atomic mass is 79.9. The molecule has 1 heterocycles. The van der Waals surface area contributed by atoms with Gasteiger partial charge in [0.2, 0.25) is 0 Å². The molecule has 0 saturated heterocycles. The molecular weight excluding hydrogens is 318 g/mol. The van der Waals surface area contributed by atoms with Crippen LogP contribution in [0.5, 0.6) is 0 Å². The molecule has 0 aliphatic heterocycles. The molecule has 0 N–H and O–H groups in total. The number of alkyl halides is 1. The van der Waals surface area contributed by atoms with Crippen LogP contribution < -0.4 is 5.76 Å². The van der Waals surface area contributed by atoms with Crippen molar-refractivity contribution in [3.05, 3.63) is 34.3 Å². The first-order valence-corrected chi connectivity index (χ1v) is 8.16. The molecule has 1 fully saturated rings. The van der Waals surface area contributed by atoms with Gasteiger partial charge in [0.25, 0.3) is 0 Å². The molecule has 1 aromatic carbocycles. The maximum atomic E-state index is 11.6. The minimum atomic E-state index is -0.299. The summed E-state index contributed by atoms with van der Waals surface area (Å²) in [5.74, 6) is -0.299. The highest BCUT2D eigenvalue weighted by Gasteiger charge is 2.35. The molecule has 0 amide bonds. The molecule has 1 saturated carbocycles. The summed E-state index contributed by atoms with van der Waals surface area (Å²) in [4.78, 5) is 11.9. The topological polar surface area (TPSA) is 35.1 Å². The van der Waals surface area contributed by atoms with Crippen LogP contribution in [0.4, 0.5) is 0 Å². The molecule has 0 spiro atoms. The highest BCUT2D eigenvalue weighted by Crippen LogP contribution is 2.50. The van der Waals surface area contributed by atoms with Crippen molar-refractivity contribution >= 4 is 27.0 Å². The lowest BCUT2D eigenvalue weighted by molar-refractivity contribution is 0.213. The van der Waals surface area contributed by atoms with Crippen molar-refractivity contribution in [2.24, 2.45) is 12.5 Å². The maximum Gasteiger partial charge on any atom is 0.419 e. The number of rotatable bonds is 2. The van der Waals surface area contributed by atoms with Crippen LogP contribution in [0.25, 0.3) is 11.1 Å². The number of halogens is 1. The van der Waals surface area contributed by atoms with Gasteiger partial charge < -0.3 is 4.42 Å². The second kappa shape index (κ2) is 5.06. The van der Waals surface area contributed by atoms with Crippen LogP contribution in [0.2, 0.25) is 0 Å². The number of fused-ring (bicyclic) bond motifs is 1. The zero-order valence-electron chi connectivity index (χ0n) is 12.0. The quantitative estimate of drug-likeness (QED) is 0.754. The van der Waals surface area contributed by atoms with E-state index in [1.807, 2.05) is 12.1 Å². The lowest BCUT2D eigenvalue weighted by Gasteiger charge is -2.38. The number of oxazole rings is 1. The molecule has 2 aromatic rings. The normalized spacial score (nSPS) is 20.1. The molecule has 1 aliphatic rings. The molecule has 0 radical (unpaired) electrons. The molecule has 108 valence electrons. The van der Waals surface area contributed by atoms with Gasteiger partial charge in [0.15, 0.2) is 5.58 Å². The van der Waals surface area contributed by atoms with Crippen molar-refractivity contribution in [3.8, 4) is 0 Å². The number of benzene rings is 1. The molecule has 1 aromatic heterocycles. The second-order valence-corrected chi connectivity index (χ2v) is 7.15. The van der Waals surface area contributed by atoms with Gasteiger partial charge in [-0.05, 0) is 36.0 Å². The van der Waals surface area contributed by atoms with Gasteiger partial charge in [0.1, 0.15) is 0 Å². The summed E-state index contributed by atoms with van der Waals surface area (Å²) in [6, 6.07) is 6.10. The van der Waals surface area contributed by atoms with E-state index in [1.54, 1.807) is 11.6 Å². The average Bonchev–Trinajstić information content (AvgIpc) is 2.73. The van der Waals surface area contributed by atoms with Gasteiger partial charge in [-0.15, -0.1) is 0 Å². The van der Waals surface area contributed by atoms with Gasteiger partial charge in [-0.1, -0.05) is 48.2 Å². The molecular formula is C16H20BrNO2. The third kappa shape index (κ3) is 2.24. The van der Waals surface area contributed by atoms with E-state index in [4.69, 9.17) is 4.42 Å². The third-order valence-corrected chi connectivity index (χ3v) is 6.35. The molecule has 1 aliphatic carbocycles. The molecule has 20 heavy (non-hydrogen) atoms. The van der Waals surface area contributed by atoms with Crippen molar-refractivity contribution in [1.29, 1.82) is 0 Å². The predicted molar refractivity (Wildman–Crippen MR) is 84.3 cm³/mol. The first-order chi connectivity index (χ1) is 9.51. The molecule has 3 nitrogen and oxygen atoms in total. The fourth-order valence-corrected chi connectivity index (χ4v) is 4.07. The number of hydrogen-bond donors (Lipinski definition) is 0. The van der Waals surface area contributed by atoms with Crippen LogP contribution in [0.15, 0.2) is 27.4 Å². The van der Waals surface area contributed by atoms with E-state index in [0.717, 1.165) is 5.52 Å². The molecule has 1 unspecified atom stereocenters. The van der Waals surface area contributed by atoms with Crippen LogP contribution in [0.1, 0.15) is 49.4 Å². The number of aryl methyl sites for hydroxylation is 1. The second-order valence-electron chi connectivity index (χ2n) is 6.23. The zero-order chi connectivity index (χ0) is 14.3. The standard InChI is InChI=1S/C16H20BrNO2/c1-16(8-4-3-5-9-16)14(17)11-6-7-12-13(10-11)20-15(19)18(12)2/h6-7,10,14H,3-5,8-9H2,1-2H3. The highest BCUT2D eigenvalue weighted by molar-refractivity contribution is 9.09. The summed E-state index contributed by atoms with van der Waals surface area (Å²) >= 11 is 3.89. The van der Waals surface area contributed by atoms with E-state index >= 15 is 0 Å². The van der Waals surface area contributed by atoms with E-state index in [2.05, 4.69) is 28.9 Å². The Balaban J connectivity index is 1.99. The van der Waals surface area contributed by atoms with Crippen LogP contribution in [0, 0.1) is 5.41 Å². The van der Waals surface area contributed by atoms with E-state index < -0.39 is 0 Å². The molecule has 1 atom stereocenters. The Hall–Kier alpha value is -1.03. The summed E-state index contributed by atoms with van der Waals surface area (Å²) in [6.45, 7) is 2.36. The van der Waals surface area contributed by atoms with Crippen molar-refractivity contribution in [2.45, 2.75) is 43.9 Å². The first kappa shape index (κ1) is 13.9. The lowest BCUT2D eigenvalue weighted by atomic mass is 9.72. The molecule has 3 rings (SSSR count). The van der Waals surface area contributed by atoms with Gasteiger partial charge in [0.05, 0.1) is 5.52 Å². The Labute approximate surface area is 127 Å². The fourth-order valence-electron chi connectivity index (χ4n) is 3.32. The largest absolute Gasteiger partial charge is 0.419 e. The Morgan fingerprint density at radius 1 is 1.30 bits per heavy atom. The summed E-state index contributed by atoms with van der Waals surface area (Å²) in [5, 5.41) is 0. The summed E-state index contributed by atoms with van der Waals surface area (Å²) < 4.78 is 6.84. The van der Waals surface area contributed by atoms with Gasteiger partial charge in [-0.3, -0.25) is 4.57 Å². The lowest BCUT2D eigenvalue weighted by Crippen LogP contribution is -2.25. The van der Waals surface area contributed by atoms with Crippen LogP contribution >= 0.6 is 15.9 Å². The SMILES string of the molecule is Cn1c(=O)oc2cc(C(Br)C3(C)CCCCC3)ccc21. The maximum absolute atomic E-state index is 11.6. The van der Waals surface area contributed by atoms with Crippen molar-refractivity contribution in [1.82, 2.24) is 4.57 Å². The van der Waals surface area contributed by atoms with Crippen molar-refractivity contribution in [3.63, 3.8) is 0 Å². The van der Waals surface area contributed by atoms with Gasteiger partial charge in [0, 0.05) is 11.9 Å². The predicted octanol–water partition coefficient (Wildman–Crippen LogP) is 4.54. The Morgan fingerprint density at radius 3 is 2.70 bits per heavy atom. The minimum Gasteiger partial charge on any atom is -0.408 e. The molecule has 4 heteroatoms. The Bertz CT molecular complexity index is 679. The minimum absolute atomic E-state index is 0.293. The monoisotopic (exact) mass is 337 g/mol. The first-order valence-electron chi connectivity index (χ1n) is 7.25. The van der Waals surface area contributed by atoms with E-state index in [-0.39, 0.29) is 5.76 Å². The Morgan fingerprint density at radius 2 is 2.00 bits per heavy atom. The fraction of sp³-hybridized carbons (Fsp3) is 0.562.